The van der Waals surface area contributed by atoms with E-state index in [0.29, 0.717) is 12.5 Å². The van der Waals surface area contributed by atoms with Crippen LogP contribution in [0.15, 0.2) is 12.2 Å². The van der Waals surface area contributed by atoms with E-state index in [1.165, 1.54) is 44.9 Å². The van der Waals surface area contributed by atoms with Crippen LogP contribution < -0.4 is 0 Å². The summed E-state index contributed by atoms with van der Waals surface area (Å²) in [4.78, 5) is 0. The van der Waals surface area contributed by atoms with Crippen LogP contribution in [0.25, 0.3) is 0 Å². The molecule has 0 aliphatic heterocycles. The van der Waals surface area contributed by atoms with Crippen LogP contribution in [0.2, 0.25) is 0 Å². The molecule has 118 valence electrons. The first-order chi connectivity index (χ1) is 10.2. The normalized spacial score (nSPS) is 22.4. The van der Waals surface area contributed by atoms with Gasteiger partial charge in [-0.3, -0.25) is 0 Å². The zero-order chi connectivity index (χ0) is 15.2. The third kappa shape index (κ3) is 4.16. The van der Waals surface area contributed by atoms with Gasteiger partial charge in [-0.05, 0) is 38.5 Å². The Bertz CT molecular complexity index is 459. The standard InChI is InChI=1S/C17H29N3O/c1-4-5-6-14-7-9-15(10-8-14)17-16(12-21)18-19-20(17)11-13(2)3/h14-15,21H,2,4-12H2,1,3H3. The van der Waals surface area contributed by atoms with Crippen molar-refractivity contribution in [3.8, 4) is 0 Å². The van der Waals surface area contributed by atoms with Gasteiger partial charge in [-0.2, -0.15) is 0 Å². The third-order valence-electron chi connectivity index (χ3n) is 4.62. The van der Waals surface area contributed by atoms with Gasteiger partial charge in [0, 0.05) is 5.92 Å². The van der Waals surface area contributed by atoms with Crippen molar-refractivity contribution >= 4 is 0 Å². The molecule has 21 heavy (non-hydrogen) atoms. The van der Waals surface area contributed by atoms with Crippen LogP contribution in [0.3, 0.4) is 0 Å². The topological polar surface area (TPSA) is 50.9 Å². The number of hydrogen-bond acceptors (Lipinski definition) is 3. The van der Waals surface area contributed by atoms with E-state index in [-0.39, 0.29) is 6.61 Å². The van der Waals surface area contributed by atoms with E-state index in [1.807, 2.05) is 11.6 Å². The second-order valence-electron chi connectivity index (χ2n) is 6.55. The summed E-state index contributed by atoms with van der Waals surface area (Å²) in [5.74, 6) is 1.39. The van der Waals surface area contributed by atoms with Crippen molar-refractivity contribution in [2.24, 2.45) is 5.92 Å². The van der Waals surface area contributed by atoms with Crippen molar-refractivity contribution in [2.75, 3.05) is 0 Å². The van der Waals surface area contributed by atoms with Crippen LogP contribution in [0, 0.1) is 5.92 Å². The van der Waals surface area contributed by atoms with Crippen molar-refractivity contribution in [1.82, 2.24) is 15.0 Å². The molecular formula is C17H29N3O. The Kier molecular flexibility index (Phi) is 5.97. The minimum absolute atomic E-state index is 0.0126. The van der Waals surface area contributed by atoms with Crippen LogP contribution >= 0.6 is 0 Å². The highest BCUT2D eigenvalue weighted by Crippen LogP contribution is 2.38. The maximum atomic E-state index is 9.53. The minimum Gasteiger partial charge on any atom is -0.390 e. The fourth-order valence-corrected chi connectivity index (χ4v) is 3.51. The smallest absolute Gasteiger partial charge is 0.112 e. The zero-order valence-electron chi connectivity index (χ0n) is 13.5. The van der Waals surface area contributed by atoms with Crippen molar-refractivity contribution < 1.29 is 5.11 Å². The number of unbranched alkanes of at least 4 members (excludes halogenated alkanes) is 1. The number of aromatic nitrogens is 3. The van der Waals surface area contributed by atoms with Crippen molar-refractivity contribution in [1.29, 1.82) is 0 Å². The molecule has 0 atom stereocenters. The molecule has 4 heteroatoms. The first-order valence-corrected chi connectivity index (χ1v) is 8.33. The summed E-state index contributed by atoms with van der Waals surface area (Å²) in [6.07, 6.45) is 9.02. The predicted molar refractivity (Wildman–Crippen MR) is 85.0 cm³/mol. The number of aliphatic hydroxyl groups excluding tert-OH is 1. The quantitative estimate of drug-likeness (QED) is 0.777. The Morgan fingerprint density at radius 3 is 2.62 bits per heavy atom. The minimum atomic E-state index is -0.0126. The molecule has 2 rings (SSSR count). The predicted octanol–water partition coefficient (Wildman–Crippen LogP) is 3.81. The molecule has 1 aromatic heterocycles. The Balaban J connectivity index is 2.04. The SMILES string of the molecule is C=C(C)Cn1nnc(CO)c1C1CCC(CCCC)CC1. The van der Waals surface area contributed by atoms with Crippen LogP contribution in [-0.4, -0.2) is 20.1 Å². The van der Waals surface area contributed by atoms with Gasteiger partial charge in [0.05, 0.1) is 18.8 Å². The molecule has 1 saturated carbocycles. The molecule has 0 radical (unpaired) electrons. The van der Waals surface area contributed by atoms with E-state index in [1.54, 1.807) is 0 Å². The van der Waals surface area contributed by atoms with E-state index >= 15 is 0 Å². The lowest BCUT2D eigenvalue weighted by molar-refractivity contribution is 0.267. The van der Waals surface area contributed by atoms with E-state index in [9.17, 15) is 5.11 Å². The molecule has 1 fully saturated rings. The molecule has 0 spiro atoms. The summed E-state index contributed by atoms with van der Waals surface area (Å²) in [5, 5.41) is 17.9. The molecule has 1 aromatic rings. The zero-order valence-corrected chi connectivity index (χ0v) is 13.5. The van der Waals surface area contributed by atoms with Crippen LogP contribution in [0.1, 0.15) is 76.1 Å². The Hall–Kier alpha value is -1.16. The molecule has 0 bridgehead atoms. The Morgan fingerprint density at radius 2 is 2.05 bits per heavy atom. The second-order valence-corrected chi connectivity index (χ2v) is 6.55. The third-order valence-corrected chi connectivity index (χ3v) is 4.62. The van der Waals surface area contributed by atoms with Gasteiger partial charge in [-0.15, -0.1) is 5.10 Å². The molecule has 0 saturated heterocycles. The van der Waals surface area contributed by atoms with Gasteiger partial charge in [-0.25, -0.2) is 4.68 Å². The molecule has 1 heterocycles. The Labute approximate surface area is 128 Å². The highest BCUT2D eigenvalue weighted by Gasteiger charge is 2.27. The molecular weight excluding hydrogens is 262 g/mol. The fraction of sp³-hybridized carbons (Fsp3) is 0.765. The van der Waals surface area contributed by atoms with Gasteiger partial charge < -0.3 is 5.11 Å². The average Bonchev–Trinajstić information content (AvgIpc) is 2.87. The first-order valence-electron chi connectivity index (χ1n) is 8.33. The number of nitrogens with zero attached hydrogens (tertiary/aromatic N) is 3. The van der Waals surface area contributed by atoms with Gasteiger partial charge in [0.25, 0.3) is 0 Å². The van der Waals surface area contributed by atoms with Crippen LogP contribution in [0.4, 0.5) is 0 Å². The van der Waals surface area contributed by atoms with Crippen LogP contribution in [0.5, 0.6) is 0 Å². The maximum Gasteiger partial charge on any atom is 0.112 e. The van der Waals surface area contributed by atoms with Gasteiger partial charge in [0.1, 0.15) is 5.69 Å². The summed E-state index contributed by atoms with van der Waals surface area (Å²) in [7, 11) is 0. The number of aliphatic hydroxyl groups is 1. The molecule has 0 amide bonds. The summed E-state index contributed by atoms with van der Waals surface area (Å²) in [6, 6.07) is 0. The van der Waals surface area contributed by atoms with E-state index in [2.05, 4.69) is 23.8 Å². The van der Waals surface area contributed by atoms with Gasteiger partial charge in [-0.1, -0.05) is 43.6 Å². The molecule has 0 unspecified atom stereocenters. The molecule has 1 N–H and O–H groups in total. The van der Waals surface area contributed by atoms with E-state index in [4.69, 9.17) is 0 Å². The average molecular weight is 291 g/mol. The number of rotatable bonds is 7. The molecule has 4 nitrogen and oxygen atoms in total. The largest absolute Gasteiger partial charge is 0.390 e. The van der Waals surface area contributed by atoms with Crippen LogP contribution in [-0.2, 0) is 13.2 Å². The maximum absolute atomic E-state index is 9.53. The first kappa shape index (κ1) is 16.2. The van der Waals surface area contributed by atoms with E-state index in [0.717, 1.165) is 22.9 Å². The molecule has 1 aliphatic carbocycles. The summed E-state index contributed by atoms with van der Waals surface area (Å²) in [6.45, 7) is 8.93. The van der Waals surface area contributed by atoms with Gasteiger partial charge in [0.15, 0.2) is 0 Å². The van der Waals surface area contributed by atoms with E-state index < -0.39 is 0 Å². The van der Waals surface area contributed by atoms with Crippen molar-refractivity contribution in [3.05, 3.63) is 23.5 Å². The lowest BCUT2D eigenvalue weighted by Gasteiger charge is -2.29. The molecule has 0 aromatic carbocycles. The Morgan fingerprint density at radius 1 is 1.33 bits per heavy atom. The summed E-state index contributed by atoms with van der Waals surface area (Å²) >= 11 is 0. The summed E-state index contributed by atoms with van der Waals surface area (Å²) in [5.41, 5.74) is 2.98. The van der Waals surface area contributed by atoms with Gasteiger partial charge >= 0.3 is 0 Å². The highest BCUT2D eigenvalue weighted by molar-refractivity contribution is 5.17. The summed E-state index contributed by atoms with van der Waals surface area (Å²) < 4.78 is 1.95. The monoisotopic (exact) mass is 291 g/mol. The second kappa shape index (κ2) is 7.74. The van der Waals surface area contributed by atoms with Gasteiger partial charge in [0.2, 0.25) is 0 Å². The molecule has 1 aliphatic rings. The fourth-order valence-electron chi connectivity index (χ4n) is 3.51. The number of allylic oxidation sites excluding steroid dienone is 1. The van der Waals surface area contributed by atoms with Crippen molar-refractivity contribution in [2.45, 2.75) is 77.9 Å². The van der Waals surface area contributed by atoms with Crippen molar-refractivity contribution in [3.63, 3.8) is 0 Å². The number of hydrogen-bond donors (Lipinski definition) is 1. The lowest BCUT2D eigenvalue weighted by atomic mass is 9.78. The highest BCUT2D eigenvalue weighted by atomic mass is 16.3. The lowest BCUT2D eigenvalue weighted by Crippen LogP contribution is -2.18.